The molecule has 1 rings (SSSR count). The largest absolute Gasteiger partial charge is 0.508 e. The van der Waals surface area contributed by atoms with Crippen molar-refractivity contribution in [1.29, 1.82) is 0 Å². The van der Waals surface area contributed by atoms with Gasteiger partial charge in [0.25, 0.3) is 0 Å². The van der Waals surface area contributed by atoms with Gasteiger partial charge in [-0.25, -0.2) is 0 Å². The number of hydrogen-bond donors (Lipinski definition) is 2. The molecule has 0 aromatic heterocycles. The molecular formula is C17H26O4. The first kappa shape index (κ1) is 17.3. The van der Waals surface area contributed by atoms with E-state index in [0.717, 1.165) is 18.4 Å². The fraction of sp³-hybridized carbons (Fsp3) is 0.588. The van der Waals surface area contributed by atoms with Gasteiger partial charge in [-0.3, -0.25) is 4.79 Å². The highest BCUT2D eigenvalue weighted by molar-refractivity contribution is 5.69. The SMILES string of the molecule is CCCCCCOC(=O)CC(C)Cc1ccc(O)cc1O. The Morgan fingerprint density at radius 2 is 2.00 bits per heavy atom. The maximum absolute atomic E-state index is 11.7. The van der Waals surface area contributed by atoms with Crippen molar-refractivity contribution in [2.75, 3.05) is 6.61 Å². The van der Waals surface area contributed by atoms with E-state index in [1.807, 2.05) is 6.92 Å². The fourth-order valence-electron chi connectivity index (χ4n) is 2.23. The Bertz CT molecular complexity index is 442. The Labute approximate surface area is 126 Å². The highest BCUT2D eigenvalue weighted by atomic mass is 16.5. The van der Waals surface area contributed by atoms with Crippen molar-refractivity contribution in [3.63, 3.8) is 0 Å². The summed E-state index contributed by atoms with van der Waals surface area (Å²) in [6, 6.07) is 4.53. The van der Waals surface area contributed by atoms with Gasteiger partial charge < -0.3 is 14.9 Å². The van der Waals surface area contributed by atoms with Crippen molar-refractivity contribution >= 4 is 5.97 Å². The minimum Gasteiger partial charge on any atom is -0.508 e. The number of benzene rings is 1. The summed E-state index contributed by atoms with van der Waals surface area (Å²) in [5.41, 5.74) is 0.732. The Kier molecular flexibility index (Phi) is 7.65. The lowest BCUT2D eigenvalue weighted by molar-refractivity contribution is -0.144. The van der Waals surface area contributed by atoms with E-state index in [-0.39, 0.29) is 23.4 Å². The molecule has 1 unspecified atom stereocenters. The van der Waals surface area contributed by atoms with E-state index < -0.39 is 0 Å². The van der Waals surface area contributed by atoms with E-state index >= 15 is 0 Å². The van der Waals surface area contributed by atoms with Crippen molar-refractivity contribution in [2.45, 2.75) is 52.4 Å². The molecule has 0 amide bonds. The second-order valence-corrected chi connectivity index (χ2v) is 5.61. The van der Waals surface area contributed by atoms with Crippen LogP contribution >= 0.6 is 0 Å². The van der Waals surface area contributed by atoms with Crippen LogP contribution in [-0.2, 0) is 16.0 Å². The molecule has 0 aliphatic rings. The van der Waals surface area contributed by atoms with Gasteiger partial charge in [-0.15, -0.1) is 0 Å². The van der Waals surface area contributed by atoms with Crippen LogP contribution in [0.25, 0.3) is 0 Å². The van der Waals surface area contributed by atoms with Crippen LogP contribution in [0.2, 0.25) is 0 Å². The smallest absolute Gasteiger partial charge is 0.306 e. The molecule has 1 atom stereocenters. The lowest BCUT2D eigenvalue weighted by Crippen LogP contribution is -2.12. The molecule has 0 radical (unpaired) electrons. The number of aromatic hydroxyl groups is 2. The summed E-state index contributed by atoms with van der Waals surface area (Å²) in [6.07, 6.45) is 5.29. The standard InChI is InChI=1S/C17H26O4/c1-3-4-5-6-9-21-17(20)11-13(2)10-14-7-8-15(18)12-16(14)19/h7-8,12-13,18-19H,3-6,9-11H2,1-2H3. The highest BCUT2D eigenvalue weighted by Crippen LogP contribution is 2.25. The van der Waals surface area contributed by atoms with Crippen LogP contribution in [-0.4, -0.2) is 22.8 Å². The van der Waals surface area contributed by atoms with Gasteiger partial charge in [-0.1, -0.05) is 39.2 Å². The second-order valence-electron chi connectivity index (χ2n) is 5.61. The molecule has 4 nitrogen and oxygen atoms in total. The molecule has 4 heteroatoms. The van der Waals surface area contributed by atoms with E-state index in [2.05, 4.69) is 6.92 Å². The molecule has 1 aromatic carbocycles. The molecule has 1 aromatic rings. The molecule has 21 heavy (non-hydrogen) atoms. The number of unbranched alkanes of at least 4 members (excludes halogenated alkanes) is 3. The highest BCUT2D eigenvalue weighted by Gasteiger charge is 2.13. The van der Waals surface area contributed by atoms with Crippen molar-refractivity contribution < 1.29 is 19.7 Å². The number of phenols is 2. The third-order valence-electron chi connectivity index (χ3n) is 3.41. The quantitative estimate of drug-likeness (QED) is 0.537. The summed E-state index contributed by atoms with van der Waals surface area (Å²) in [4.78, 5) is 11.7. The number of ether oxygens (including phenoxy) is 1. The van der Waals surface area contributed by atoms with E-state index in [0.29, 0.717) is 19.4 Å². The lowest BCUT2D eigenvalue weighted by atomic mass is 9.97. The molecule has 0 heterocycles. The molecule has 0 saturated heterocycles. The lowest BCUT2D eigenvalue weighted by Gasteiger charge is -2.12. The van der Waals surface area contributed by atoms with Crippen molar-refractivity contribution in [3.8, 4) is 11.5 Å². The molecule has 2 N–H and O–H groups in total. The molecule has 0 aliphatic heterocycles. The topological polar surface area (TPSA) is 66.8 Å². The zero-order valence-electron chi connectivity index (χ0n) is 13.0. The summed E-state index contributed by atoms with van der Waals surface area (Å²) in [5, 5.41) is 19.0. The number of phenolic OH excluding ortho intramolecular Hbond substituents is 2. The average molecular weight is 294 g/mol. The summed E-state index contributed by atoms with van der Waals surface area (Å²) in [7, 11) is 0. The van der Waals surface area contributed by atoms with Crippen LogP contribution in [0.3, 0.4) is 0 Å². The van der Waals surface area contributed by atoms with E-state index in [1.165, 1.54) is 25.0 Å². The minimum atomic E-state index is -0.183. The Morgan fingerprint density at radius 3 is 2.67 bits per heavy atom. The van der Waals surface area contributed by atoms with Crippen LogP contribution < -0.4 is 0 Å². The maximum atomic E-state index is 11.7. The predicted octanol–water partition coefficient (Wildman–Crippen LogP) is 3.79. The summed E-state index contributed by atoms with van der Waals surface area (Å²) in [5.74, 6) is 0.00558. The summed E-state index contributed by atoms with van der Waals surface area (Å²) in [6.45, 7) is 4.59. The molecule has 0 bridgehead atoms. The normalized spacial score (nSPS) is 12.1. The third kappa shape index (κ3) is 7.02. The number of hydrogen-bond acceptors (Lipinski definition) is 4. The van der Waals surface area contributed by atoms with Crippen molar-refractivity contribution in [3.05, 3.63) is 23.8 Å². The number of esters is 1. The maximum Gasteiger partial charge on any atom is 0.306 e. The van der Waals surface area contributed by atoms with Gasteiger partial charge in [0.1, 0.15) is 11.5 Å². The Hall–Kier alpha value is -1.71. The van der Waals surface area contributed by atoms with Crippen LogP contribution in [0.15, 0.2) is 18.2 Å². The number of rotatable bonds is 9. The average Bonchev–Trinajstić information content (AvgIpc) is 2.41. The summed E-state index contributed by atoms with van der Waals surface area (Å²) < 4.78 is 5.20. The van der Waals surface area contributed by atoms with Crippen molar-refractivity contribution in [2.24, 2.45) is 5.92 Å². The molecule has 0 saturated carbocycles. The minimum absolute atomic E-state index is 0.0374. The van der Waals surface area contributed by atoms with Gasteiger partial charge in [-0.05, 0) is 30.4 Å². The number of carbonyl (C=O) groups excluding carboxylic acids is 1. The van der Waals surface area contributed by atoms with Crippen LogP contribution in [0.5, 0.6) is 11.5 Å². The molecule has 0 spiro atoms. The Balaban J connectivity index is 2.29. The molecule has 0 fully saturated rings. The van der Waals surface area contributed by atoms with E-state index in [1.54, 1.807) is 6.07 Å². The van der Waals surface area contributed by atoms with Crippen LogP contribution in [0, 0.1) is 5.92 Å². The third-order valence-corrected chi connectivity index (χ3v) is 3.41. The Morgan fingerprint density at radius 1 is 1.24 bits per heavy atom. The van der Waals surface area contributed by atoms with Gasteiger partial charge in [-0.2, -0.15) is 0 Å². The zero-order chi connectivity index (χ0) is 15.7. The van der Waals surface area contributed by atoms with E-state index in [9.17, 15) is 15.0 Å². The first-order valence-electron chi connectivity index (χ1n) is 7.69. The first-order valence-corrected chi connectivity index (χ1v) is 7.69. The molecule has 0 aliphatic carbocycles. The van der Waals surface area contributed by atoms with Crippen LogP contribution in [0.4, 0.5) is 0 Å². The zero-order valence-corrected chi connectivity index (χ0v) is 13.0. The fourth-order valence-corrected chi connectivity index (χ4v) is 2.23. The van der Waals surface area contributed by atoms with Gasteiger partial charge in [0.05, 0.1) is 6.61 Å². The predicted molar refractivity (Wildman–Crippen MR) is 82.4 cm³/mol. The molecule has 118 valence electrons. The van der Waals surface area contributed by atoms with Crippen LogP contribution in [0.1, 0.15) is 51.5 Å². The number of carbonyl (C=O) groups is 1. The first-order chi connectivity index (χ1) is 10.0. The van der Waals surface area contributed by atoms with Gasteiger partial charge in [0.2, 0.25) is 0 Å². The summed E-state index contributed by atoms with van der Waals surface area (Å²) >= 11 is 0. The van der Waals surface area contributed by atoms with Gasteiger partial charge >= 0.3 is 5.97 Å². The van der Waals surface area contributed by atoms with E-state index in [4.69, 9.17) is 4.74 Å². The van der Waals surface area contributed by atoms with Gasteiger partial charge in [0.15, 0.2) is 0 Å². The monoisotopic (exact) mass is 294 g/mol. The van der Waals surface area contributed by atoms with Gasteiger partial charge in [0, 0.05) is 12.5 Å². The second kappa shape index (κ2) is 9.27. The molecular weight excluding hydrogens is 268 g/mol. The van der Waals surface area contributed by atoms with Crippen molar-refractivity contribution in [1.82, 2.24) is 0 Å².